The average molecular weight is 367 g/mol. The van der Waals surface area contributed by atoms with Crippen molar-refractivity contribution in [3.8, 4) is 0 Å². The molecule has 27 heavy (non-hydrogen) atoms. The molecule has 5 heteroatoms. The number of fused-ring (bicyclic) bond motifs is 2. The predicted molar refractivity (Wildman–Crippen MR) is 105 cm³/mol. The van der Waals surface area contributed by atoms with Crippen LogP contribution in [0.25, 0.3) is 0 Å². The Morgan fingerprint density at radius 1 is 1.15 bits per heavy atom. The summed E-state index contributed by atoms with van der Waals surface area (Å²) in [5.74, 6) is 1.19. The number of halogens is 1. The third-order valence-electron chi connectivity index (χ3n) is 6.07. The molecule has 4 rings (SSSR count). The number of aromatic nitrogens is 1. The van der Waals surface area contributed by atoms with Gasteiger partial charge in [-0.1, -0.05) is 12.1 Å². The van der Waals surface area contributed by atoms with Crippen LogP contribution < -0.4 is 4.90 Å². The maximum atomic E-state index is 13.6. The largest absolute Gasteiger partial charge is 0.363 e. The molecule has 2 saturated heterocycles. The lowest BCUT2D eigenvalue weighted by Gasteiger charge is -2.39. The third kappa shape index (κ3) is 3.31. The van der Waals surface area contributed by atoms with E-state index in [0.717, 1.165) is 31.5 Å². The number of amides is 1. The zero-order valence-corrected chi connectivity index (χ0v) is 16.2. The highest BCUT2D eigenvalue weighted by molar-refractivity contribution is 5.94. The van der Waals surface area contributed by atoms with Crippen molar-refractivity contribution in [3.05, 3.63) is 59.0 Å². The SMILES string of the molecule is Cc1cc(C2C[C@H]3CC[C@@H](C2)N3C(=O)c2ccc(N(C)C)nc2)ccc1F. The van der Waals surface area contributed by atoms with Crippen molar-refractivity contribution in [1.82, 2.24) is 9.88 Å². The van der Waals surface area contributed by atoms with Crippen LogP contribution in [0.5, 0.6) is 0 Å². The number of hydrogen-bond acceptors (Lipinski definition) is 3. The number of hydrogen-bond donors (Lipinski definition) is 0. The maximum Gasteiger partial charge on any atom is 0.255 e. The highest BCUT2D eigenvalue weighted by Gasteiger charge is 2.43. The van der Waals surface area contributed by atoms with Crippen LogP contribution in [-0.2, 0) is 0 Å². The zero-order chi connectivity index (χ0) is 19.1. The van der Waals surface area contributed by atoms with Crippen LogP contribution in [0.15, 0.2) is 36.5 Å². The van der Waals surface area contributed by atoms with Crippen LogP contribution >= 0.6 is 0 Å². The van der Waals surface area contributed by atoms with E-state index >= 15 is 0 Å². The minimum atomic E-state index is -0.150. The molecule has 2 aromatic rings. The summed E-state index contributed by atoms with van der Waals surface area (Å²) in [5.41, 5.74) is 2.56. The van der Waals surface area contributed by atoms with E-state index in [2.05, 4.69) is 9.88 Å². The molecule has 4 nitrogen and oxygen atoms in total. The molecule has 3 atom stereocenters. The molecule has 0 saturated carbocycles. The Bertz CT molecular complexity index is 835. The van der Waals surface area contributed by atoms with Gasteiger partial charge >= 0.3 is 0 Å². The lowest BCUT2D eigenvalue weighted by molar-refractivity contribution is 0.0571. The second-order valence-electron chi connectivity index (χ2n) is 8.07. The van der Waals surface area contributed by atoms with E-state index in [1.807, 2.05) is 50.2 Å². The van der Waals surface area contributed by atoms with Crippen LogP contribution in [0.3, 0.4) is 0 Å². The van der Waals surface area contributed by atoms with Crippen LogP contribution in [0, 0.1) is 12.7 Å². The van der Waals surface area contributed by atoms with Gasteiger partial charge in [-0.15, -0.1) is 0 Å². The molecule has 0 spiro atoms. The second kappa shape index (κ2) is 6.95. The van der Waals surface area contributed by atoms with Crippen LogP contribution in [0.1, 0.15) is 53.1 Å². The van der Waals surface area contributed by atoms with E-state index in [9.17, 15) is 9.18 Å². The van der Waals surface area contributed by atoms with E-state index in [0.29, 0.717) is 17.0 Å². The lowest BCUT2D eigenvalue weighted by Crippen LogP contribution is -2.46. The number of anilines is 1. The van der Waals surface area contributed by atoms with Crippen LogP contribution in [0.2, 0.25) is 0 Å². The molecule has 2 aliphatic heterocycles. The summed E-state index contributed by atoms with van der Waals surface area (Å²) in [6, 6.07) is 9.75. The summed E-state index contributed by atoms with van der Waals surface area (Å²) in [5, 5.41) is 0. The van der Waals surface area contributed by atoms with Crippen molar-refractivity contribution in [1.29, 1.82) is 0 Å². The number of rotatable bonds is 3. The molecule has 3 heterocycles. The Morgan fingerprint density at radius 3 is 2.41 bits per heavy atom. The van der Waals surface area contributed by atoms with E-state index < -0.39 is 0 Å². The van der Waals surface area contributed by atoms with Gasteiger partial charge in [0.15, 0.2) is 0 Å². The summed E-state index contributed by atoms with van der Waals surface area (Å²) in [6.07, 6.45) is 5.70. The molecular formula is C22H26FN3O. The second-order valence-corrected chi connectivity index (χ2v) is 8.07. The molecule has 1 aromatic carbocycles. The Balaban J connectivity index is 1.52. The average Bonchev–Trinajstić information content (AvgIpc) is 2.92. The summed E-state index contributed by atoms with van der Waals surface area (Å²) in [6.45, 7) is 1.82. The van der Waals surface area contributed by atoms with Crippen molar-refractivity contribution in [2.75, 3.05) is 19.0 Å². The minimum Gasteiger partial charge on any atom is -0.363 e. The fourth-order valence-electron chi connectivity index (χ4n) is 4.63. The first-order valence-electron chi connectivity index (χ1n) is 9.66. The van der Waals surface area contributed by atoms with Crippen molar-refractivity contribution < 1.29 is 9.18 Å². The number of carbonyl (C=O) groups excluding carboxylic acids is 1. The van der Waals surface area contributed by atoms with Gasteiger partial charge in [-0.3, -0.25) is 4.79 Å². The van der Waals surface area contributed by atoms with Gasteiger partial charge in [-0.05, 0) is 67.9 Å². The summed E-state index contributed by atoms with van der Waals surface area (Å²) in [4.78, 5) is 21.5. The summed E-state index contributed by atoms with van der Waals surface area (Å²) in [7, 11) is 3.87. The number of nitrogens with zero attached hydrogens (tertiary/aromatic N) is 3. The number of aryl methyl sites for hydroxylation is 1. The molecule has 2 bridgehead atoms. The van der Waals surface area contributed by atoms with Gasteiger partial charge in [-0.25, -0.2) is 9.37 Å². The molecule has 2 fully saturated rings. The Hall–Kier alpha value is -2.43. The first-order valence-corrected chi connectivity index (χ1v) is 9.66. The topological polar surface area (TPSA) is 36.4 Å². The molecule has 0 N–H and O–H groups in total. The maximum absolute atomic E-state index is 13.6. The number of piperidine rings is 1. The van der Waals surface area contributed by atoms with E-state index in [-0.39, 0.29) is 23.8 Å². The Labute approximate surface area is 160 Å². The number of carbonyl (C=O) groups is 1. The normalized spacial score (nSPS) is 24.1. The van der Waals surface area contributed by atoms with Crippen molar-refractivity contribution >= 4 is 11.7 Å². The highest BCUT2D eigenvalue weighted by Crippen LogP contribution is 2.43. The fourth-order valence-corrected chi connectivity index (χ4v) is 4.63. The van der Waals surface area contributed by atoms with Gasteiger partial charge in [0.25, 0.3) is 5.91 Å². The Kier molecular flexibility index (Phi) is 4.62. The lowest BCUT2D eigenvalue weighted by atomic mass is 9.84. The molecular weight excluding hydrogens is 341 g/mol. The molecule has 1 unspecified atom stereocenters. The van der Waals surface area contributed by atoms with E-state index in [4.69, 9.17) is 0 Å². The van der Waals surface area contributed by atoms with Crippen molar-refractivity contribution in [3.63, 3.8) is 0 Å². The van der Waals surface area contributed by atoms with Crippen molar-refractivity contribution in [2.24, 2.45) is 0 Å². The first kappa shape index (κ1) is 18.0. The predicted octanol–water partition coefficient (Wildman–Crippen LogP) is 4.15. The van der Waals surface area contributed by atoms with E-state index in [1.165, 1.54) is 5.56 Å². The quantitative estimate of drug-likeness (QED) is 0.818. The Morgan fingerprint density at radius 2 is 1.85 bits per heavy atom. The molecule has 0 radical (unpaired) electrons. The van der Waals surface area contributed by atoms with Crippen LogP contribution in [-0.4, -0.2) is 42.0 Å². The zero-order valence-electron chi connectivity index (χ0n) is 16.2. The van der Waals surface area contributed by atoms with Crippen molar-refractivity contribution in [2.45, 2.75) is 50.6 Å². The molecule has 0 aliphatic carbocycles. The first-order chi connectivity index (χ1) is 12.9. The van der Waals surface area contributed by atoms with Gasteiger partial charge < -0.3 is 9.80 Å². The molecule has 2 aliphatic rings. The molecule has 1 aromatic heterocycles. The summed E-state index contributed by atoms with van der Waals surface area (Å²) >= 11 is 0. The smallest absolute Gasteiger partial charge is 0.255 e. The van der Waals surface area contributed by atoms with Gasteiger partial charge in [0.05, 0.1) is 5.56 Å². The fraction of sp³-hybridized carbons (Fsp3) is 0.455. The van der Waals surface area contributed by atoms with Gasteiger partial charge in [-0.2, -0.15) is 0 Å². The summed E-state index contributed by atoms with van der Waals surface area (Å²) < 4.78 is 13.6. The minimum absolute atomic E-state index is 0.0917. The third-order valence-corrected chi connectivity index (χ3v) is 6.07. The van der Waals surface area contributed by atoms with Crippen LogP contribution in [0.4, 0.5) is 10.2 Å². The van der Waals surface area contributed by atoms with Gasteiger partial charge in [0, 0.05) is 32.4 Å². The number of pyridine rings is 1. The van der Waals surface area contributed by atoms with Gasteiger partial charge in [0.1, 0.15) is 11.6 Å². The standard InChI is InChI=1S/C22H26FN3O/c1-14-10-15(4-8-20(14)23)17-11-18-6-7-19(12-17)26(18)22(27)16-5-9-21(24-13-16)25(2)3/h4-5,8-10,13,17-19H,6-7,11-12H2,1-3H3/t17?,18-,19+. The van der Waals surface area contributed by atoms with Gasteiger partial charge in [0.2, 0.25) is 0 Å². The monoisotopic (exact) mass is 367 g/mol. The van der Waals surface area contributed by atoms with E-state index in [1.54, 1.807) is 12.3 Å². The molecule has 142 valence electrons. The highest BCUT2D eigenvalue weighted by atomic mass is 19.1. The molecule has 1 amide bonds. The number of benzene rings is 1.